The minimum Gasteiger partial charge on any atom is -0.369 e. The zero-order valence-corrected chi connectivity index (χ0v) is 18.5. The molecule has 0 saturated carbocycles. The number of halogens is 1. The second kappa shape index (κ2) is 9.13. The molecule has 1 N–H and O–H groups in total. The van der Waals surface area contributed by atoms with E-state index in [0.717, 1.165) is 62.2 Å². The predicted octanol–water partition coefficient (Wildman–Crippen LogP) is 5.43. The number of rotatable bonds is 6. The van der Waals surface area contributed by atoms with Crippen LogP contribution in [0.15, 0.2) is 67.0 Å². The van der Waals surface area contributed by atoms with E-state index in [4.69, 9.17) is 0 Å². The van der Waals surface area contributed by atoms with Crippen molar-refractivity contribution in [1.82, 2.24) is 14.9 Å². The molecule has 5 heteroatoms. The molecule has 0 spiro atoms. The van der Waals surface area contributed by atoms with Crippen LogP contribution in [0.2, 0.25) is 0 Å². The molecule has 0 radical (unpaired) electrons. The first-order valence-electron chi connectivity index (χ1n) is 11.4. The average molecular weight is 429 g/mol. The molecule has 164 valence electrons. The number of H-pyrrole nitrogens is 1. The van der Waals surface area contributed by atoms with E-state index in [1.54, 1.807) is 6.07 Å². The second-order valence-corrected chi connectivity index (χ2v) is 8.65. The number of piperazine rings is 1. The van der Waals surface area contributed by atoms with E-state index in [1.165, 1.54) is 28.4 Å². The highest BCUT2D eigenvalue weighted by Gasteiger charge is 2.17. The maximum absolute atomic E-state index is 13.6. The van der Waals surface area contributed by atoms with Crippen LogP contribution in [0.1, 0.15) is 17.5 Å². The smallest absolute Gasteiger partial charge is 0.123 e. The van der Waals surface area contributed by atoms with E-state index in [9.17, 15) is 4.39 Å². The number of aromatic amines is 1. The third-order valence-corrected chi connectivity index (χ3v) is 6.54. The fraction of sp³-hybridized carbons (Fsp3) is 0.296. The summed E-state index contributed by atoms with van der Waals surface area (Å²) < 4.78 is 13.6. The highest BCUT2D eigenvalue weighted by atomic mass is 19.1. The molecule has 0 atom stereocenters. The summed E-state index contributed by atoms with van der Waals surface area (Å²) in [5.41, 5.74) is 6.93. The van der Waals surface area contributed by atoms with Crippen LogP contribution in [0, 0.1) is 12.7 Å². The number of pyridine rings is 1. The fourth-order valence-corrected chi connectivity index (χ4v) is 4.70. The lowest BCUT2D eigenvalue weighted by Gasteiger charge is -2.36. The van der Waals surface area contributed by atoms with E-state index >= 15 is 0 Å². The first kappa shape index (κ1) is 20.7. The van der Waals surface area contributed by atoms with Gasteiger partial charge in [0.05, 0.1) is 5.69 Å². The van der Waals surface area contributed by atoms with Gasteiger partial charge in [0, 0.05) is 60.7 Å². The Morgan fingerprint density at radius 1 is 1.00 bits per heavy atom. The van der Waals surface area contributed by atoms with Gasteiger partial charge in [-0.15, -0.1) is 0 Å². The van der Waals surface area contributed by atoms with Crippen LogP contribution in [0.4, 0.5) is 10.1 Å². The number of nitrogens with one attached hydrogen (secondary N) is 1. The Bertz CT molecular complexity index is 1190. The summed E-state index contributed by atoms with van der Waals surface area (Å²) in [7, 11) is 0. The van der Waals surface area contributed by atoms with Gasteiger partial charge in [0.1, 0.15) is 5.82 Å². The summed E-state index contributed by atoms with van der Waals surface area (Å²) in [5.74, 6) is -0.169. The highest BCUT2D eigenvalue weighted by Crippen LogP contribution is 2.25. The number of nitrogens with zero attached hydrogens (tertiary/aromatic N) is 3. The summed E-state index contributed by atoms with van der Waals surface area (Å²) in [6.07, 6.45) is 5.93. The van der Waals surface area contributed by atoms with Gasteiger partial charge < -0.3 is 9.88 Å². The largest absolute Gasteiger partial charge is 0.369 e. The van der Waals surface area contributed by atoms with Crippen LogP contribution >= 0.6 is 0 Å². The number of fused-ring (bicyclic) bond motifs is 1. The van der Waals surface area contributed by atoms with E-state index in [0.29, 0.717) is 0 Å². The molecule has 1 aliphatic heterocycles. The molecule has 2 aromatic carbocycles. The molecular formula is C27H29FN4. The van der Waals surface area contributed by atoms with Gasteiger partial charge in [-0.2, -0.15) is 0 Å². The first-order chi connectivity index (χ1) is 15.7. The number of aryl methyl sites for hydroxylation is 2. The molecule has 0 aliphatic carbocycles. The van der Waals surface area contributed by atoms with Crippen LogP contribution in [0.3, 0.4) is 0 Å². The third-order valence-electron chi connectivity index (χ3n) is 6.54. The van der Waals surface area contributed by atoms with Gasteiger partial charge in [-0.25, -0.2) is 4.39 Å². The average Bonchev–Trinajstić information content (AvgIpc) is 3.22. The number of hydrogen-bond donors (Lipinski definition) is 1. The molecule has 1 saturated heterocycles. The van der Waals surface area contributed by atoms with Gasteiger partial charge in [-0.3, -0.25) is 9.88 Å². The van der Waals surface area contributed by atoms with Gasteiger partial charge in [0.25, 0.3) is 0 Å². The molecule has 32 heavy (non-hydrogen) atoms. The van der Waals surface area contributed by atoms with Crippen molar-refractivity contribution in [3.05, 3.63) is 83.9 Å². The topological polar surface area (TPSA) is 35.2 Å². The Hall–Kier alpha value is -3.18. The highest BCUT2D eigenvalue weighted by molar-refractivity contribution is 5.83. The molecule has 4 nitrogen and oxygen atoms in total. The van der Waals surface area contributed by atoms with Crippen LogP contribution in [0.5, 0.6) is 0 Å². The minimum absolute atomic E-state index is 0.169. The van der Waals surface area contributed by atoms with E-state index in [-0.39, 0.29) is 5.82 Å². The van der Waals surface area contributed by atoms with Crippen molar-refractivity contribution in [2.75, 3.05) is 37.6 Å². The Kier molecular flexibility index (Phi) is 5.91. The molecule has 2 aromatic heterocycles. The molecule has 0 bridgehead atoms. The van der Waals surface area contributed by atoms with Gasteiger partial charge >= 0.3 is 0 Å². The Labute approximate surface area is 188 Å². The lowest BCUT2D eigenvalue weighted by molar-refractivity contribution is 0.255. The third kappa shape index (κ3) is 4.39. The molecule has 4 aromatic rings. The van der Waals surface area contributed by atoms with Crippen molar-refractivity contribution in [1.29, 1.82) is 0 Å². The van der Waals surface area contributed by atoms with Crippen molar-refractivity contribution < 1.29 is 4.39 Å². The lowest BCUT2D eigenvalue weighted by Crippen LogP contribution is -2.46. The lowest BCUT2D eigenvalue weighted by atomic mass is 10.1. The molecular weight excluding hydrogens is 399 g/mol. The second-order valence-electron chi connectivity index (χ2n) is 8.65. The van der Waals surface area contributed by atoms with E-state index in [2.05, 4.69) is 57.0 Å². The van der Waals surface area contributed by atoms with E-state index < -0.39 is 0 Å². The standard InChI is InChI=1S/C27H29FN4/c1-20-4-2-12-29-27(20)21-6-9-24(10-7-21)32-16-14-31(15-17-32)13-3-5-22-19-30-26-11-8-23(28)18-25(22)26/h2,4,6-12,18-19,30H,3,5,13-17H2,1H3. The van der Waals surface area contributed by atoms with Crippen LogP contribution in [-0.2, 0) is 6.42 Å². The zero-order chi connectivity index (χ0) is 21.9. The molecule has 1 aliphatic rings. The van der Waals surface area contributed by atoms with Crippen molar-refractivity contribution >= 4 is 16.6 Å². The number of benzene rings is 2. The number of hydrogen-bond acceptors (Lipinski definition) is 3. The molecule has 1 fully saturated rings. The quantitative estimate of drug-likeness (QED) is 0.445. The van der Waals surface area contributed by atoms with E-state index in [1.807, 2.05) is 24.5 Å². The monoisotopic (exact) mass is 428 g/mol. The van der Waals surface area contributed by atoms with Crippen LogP contribution in [0.25, 0.3) is 22.2 Å². The van der Waals surface area contributed by atoms with Crippen molar-refractivity contribution in [3.8, 4) is 11.3 Å². The Morgan fingerprint density at radius 3 is 2.59 bits per heavy atom. The van der Waals surface area contributed by atoms with Crippen LogP contribution < -0.4 is 4.90 Å². The van der Waals surface area contributed by atoms with Gasteiger partial charge in [0.2, 0.25) is 0 Å². The molecule has 0 unspecified atom stereocenters. The SMILES string of the molecule is Cc1cccnc1-c1ccc(N2CCN(CCCc3c[nH]c4ccc(F)cc34)CC2)cc1. The zero-order valence-electron chi connectivity index (χ0n) is 18.5. The van der Waals surface area contributed by atoms with Crippen molar-refractivity contribution in [2.24, 2.45) is 0 Å². The maximum atomic E-state index is 13.6. The number of aromatic nitrogens is 2. The first-order valence-corrected chi connectivity index (χ1v) is 11.4. The summed E-state index contributed by atoms with van der Waals surface area (Å²) in [6, 6.07) is 17.8. The summed E-state index contributed by atoms with van der Waals surface area (Å²) >= 11 is 0. The Morgan fingerprint density at radius 2 is 1.81 bits per heavy atom. The Balaban J connectivity index is 1.12. The fourth-order valence-electron chi connectivity index (χ4n) is 4.70. The van der Waals surface area contributed by atoms with Crippen molar-refractivity contribution in [3.63, 3.8) is 0 Å². The van der Waals surface area contributed by atoms with Gasteiger partial charge in [-0.05, 0) is 73.8 Å². The number of anilines is 1. The molecule has 5 rings (SSSR count). The van der Waals surface area contributed by atoms with Crippen molar-refractivity contribution in [2.45, 2.75) is 19.8 Å². The van der Waals surface area contributed by atoms with Crippen LogP contribution in [-0.4, -0.2) is 47.6 Å². The summed E-state index contributed by atoms with van der Waals surface area (Å²) in [6.45, 7) is 7.41. The summed E-state index contributed by atoms with van der Waals surface area (Å²) in [4.78, 5) is 12.8. The molecule has 3 heterocycles. The van der Waals surface area contributed by atoms with Gasteiger partial charge in [0.15, 0.2) is 0 Å². The molecule has 0 amide bonds. The predicted molar refractivity (Wildman–Crippen MR) is 130 cm³/mol. The normalized spacial score (nSPS) is 14.9. The minimum atomic E-state index is -0.169. The summed E-state index contributed by atoms with van der Waals surface area (Å²) in [5, 5.41) is 1.01. The maximum Gasteiger partial charge on any atom is 0.123 e. The van der Waals surface area contributed by atoms with Gasteiger partial charge in [-0.1, -0.05) is 18.2 Å².